The van der Waals surface area contributed by atoms with Crippen molar-refractivity contribution in [2.24, 2.45) is 0 Å². The molecule has 2 aliphatic rings. The highest BCUT2D eigenvalue weighted by Gasteiger charge is 2.42. The normalized spacial score (nSPS) is 24.3. The number of ether oxygens (including phenoxy) is 1. The standard InChI is InChI=1S/C16H19N3O5S/c20-14(24-11-7-5-10(6-8-11)19(22)23)4-2-1-3-13-15-12(9-25-13)17-16(21)18-15/h5-8,12-13,15H,1-4,9H2,(H2,17,18,21)/t12-,13?,15-/m1/s1. The number of nitrogens with zero attached hydrogens (tertiary/aromatic N) is 1. The van der Waals surface area contributed by atoms with Gasteiger partial charge in [-0.15, -0.1) is 0 Å². The van der Waals surface area contributed by atoms with Crippen molar-refractivity contribution in [1.82, 2.24) is 10.6 Å². The predicted octanol–water partition coefficient (Wildman–Crippen LogP) is 2.23. The molecule has 9 heteroatoms. The van der Waals surface area contributed by atoms with Gasteiger partial charge in [0.05, 0.1) is 17.0 Å². The number of benzene rings is 1. The summed E-state index contributed by atoms with van der Waals surface area (Å²) < 4.78 is 5.17. The van der Waals surface area contributed by atoms with Crippen LogP contribution in [0.1, 0.15) is 25.7 Å². The molecule has 2 N–H and O–H groups in total. The van der Waals surface area contributed by atoms with E-state index in [0.29, 0.717) is 23.8 Å². The largest absolute Gasteiger partial charge is 0.427 e. The lowest BCUT2D eigenvalue weighted by Gasteiger charge is -2.16. The number of hydrogen-bond donors (Lipinski definition) is 2. The summed E-state index contributed by atoms with van der Waals surface area (Å²) in [6.45, 7) is 0. The fourth-order valence-electron chi connectivity index (χ4n) is 3.08. The highest BCUT2D eigenvalue weighted by Crippen LogP contribution is 2.33. The van der Waals surface area contributed by atoms with Crippen LogP contribution < -0.4 is 15.4 Å². The van der Waals surface area contributed by atoms with Gasteiger partial charge in [-0.05, 0) is 25.0 Å². The van der Waals surface area contributed by atoms with E-state index in [1.807, 2.05) is 11.8 Å². The molecule has 8 nitrogen and oxygen atoms in total. The number of fused-ring (bicyclic) bond motifs is 1. The molecule has 1 unspecified atom stereocenters. The van der Waals surface area contributed by atoms with Gasteiger partial charge in [0, 0.05) is 29.6 Å². The molecule has 3 rings (SSSR count). The molecule has 0 bridgehead atoms. The monoisotopic (exact) mass is 365 g/mol. The van der Waals surface area contributed by atoms with E-state index in [9.17, 15) is 19.7 Å². The molecular formula is C16H19N3O5S. The number of non-ortho nitro benzene ring substituents is 1. The van der Waals surface area contributed by atoms with Crippen LogP contribution in [0.2, 0.25) is 0 Å². The summed E-state index contributed by atoms with van der Waals surface area (Å²) in [7, 11) is 0. The number of rotatable bonds is 7. The first-order chi connectivity index (χ1) is 12.0. The Hall–Kier alpha value is -2.29. The number of urea groups is 1. The zero-order valence-corrected chi connectivity index (χ0v) is 14.3. The molecule has 0 aromatic heterocycles. The first-order valence-corrected chi connectivity index (χ1v) is 9.21. The second kappa shape index (κ2) is 7.73. The molecule has 1 aromatic rings. The van der Waals surface area contributed by atoms with Gasteiger partial charge in [-0.2, -0.15) is 11.8 Å². The third-order valence-corrected chi connectivity index (χ3v) is 5.85. The molecule has 25 heavy (non-hydrogen) atoms. The summed E-state index contributed by atoms with van der Waals surface area (Å²) >= 11 is 1.85. The number of thioether (sulfide) groups is 1. The Labute approximate surface area is 148 Å². The van der Waals surface area contributed by atoms with Crippen molar-refractivity contribution in [2.75, 3.05) is 5.75 Å². The van der Waals surface area contributed by atoms with Crippen LogP contribution in [-0.2, 0) is 4.79 Å². The first kappa shape index (κ1) is 17.5. The second-order valence-electron chi connectivity index (χ2n) is 6.09. The van der Waals surface area contributed by atoms with Crippen molar-refractivity contribution < 1.29 is 19.2 Å². The highest BCUT2D eigenvalue weighted by molar-refractivity contribution is 8.00. The Morgan fingerprint density at radius 1 is 1.28 bits per heavy atom. The maximum Gasteiger partial charge on any atom is 0.315 e. The lowest BCUT2D eigenvalue weighted by molar-refractivity contribution is -0.384. The maximum atomic E-state index is 11.8. The Morgan fingerprint density at radius 3 is 2.76 bits per heavy atom. The summed E-state index contributed by atoms with van der Waals surface area (Å²) in [6, 6.07) is 5.76. The fourth-order valence-corrected chi connectivity index (χ4v) is 4.62. The zero-order valence-electron chi connectivity index (χ0n) is 13.5. The van der Waals surface area contributed by atoms with Gasteiger partial charge in [0.1, 0.15) is 5.75 Å². The van der Waals surface area contributed by atoms with Crippen LogP contribution in [0.25, 0.3) is 0 Å². The number of nitro benzene ring substituents is 1. The van der Waals surface area contributed by atoms with Gasteiger partial charge in [0.25, 0.3) is 5.69 Å². The van der Waals surface area contributed by atoms with E-state index in [4.69, 9.17) is 4.74 Å². The Balaban J connectivity index is 1.35. The number of unbranched alkanes of at least 4 members (excludes halogenated alkanes) is 1. The second-order valence-corrected chi connectivity index (χ2v) is 7.36. The van der Waals surface area contributed by atoms with Crippen LogP contribution in [0.5, 0.6) is 5.75 Å². The van der Waals surface area contributed by atoms with E-state index >= 15 is 0 Å². The lowest BCUT2D eigenvalue weighted by Crippen LogP contribution is -2.36. The summed E-state index contributed by atoms with van der Waals surface area (Å²) in [5.41, 5.74) is -0.0411. The molecule has 0 radical (unpaired) electrons. The molecule has 2 heterocycles. The molecule has 2 aliphatic heterocycles. The van der Waals surface area contributed by atoms with Crippen LogP contribution in [-0.4, -0.2) is 40.0 Å². The molecule has 3 atom stereocenters. The summed E-state index contributed by atoms with van der Waals surface area (Å²) in [5, 5.41) is 16.8. The summed E-state index contributed by atoms with van der Waals surface area (Å²) in [6.07, 6.45) is 2.83. The molecule has 0 aliphatic carbocycles. The van der Waals surface area contributed by atoms with E-state index < -0.39 is 4.92 Å². The van der Waals surface area contributed by atoms with Crippen LogP contribution in [0.3, 0.4) is 0 Å². The lowest BCUT2D eigenvalue weighted by atomic mass is 10.0. The average molecular weight is 365 g/mol. The van der Waals surface area contributed by atoms with Crippen molar-refractivity contribution >= 4 is 29.4 Å². The van der Waals surface area contributed by atoms with E-state index in [-0.39, 0.29) is 29.8 Å². The van der Waals surface area contributed by atoms with Crippen LogP contribution in [0.4, 0.5) is 10.5 Å². The Kier molecular flexibility index (Phi) is 5.42. The van der Waals surface area contributed by atoms with E-state index in [1.54, 1.807) is 0 Å². The SMILES string of the molecule is O=C1N[C@@H]2CSC(CCCCC(=O)Oc3ccc([N+](=O)[O-])cc3)[C@@H]2N1. The summed E-state index contributed by atoms with van der Waals surface area (Å²) in [5.74, 6) is 0.891. The van der Waals surface area contributed by atoms with Gasteiger partial charge in [0.15, 0.2) is 0 Å². The van der Waals surface area contributed by atoms with Crippen LogP contribution in [0.15, 0.2) is 24.3 Å². The molecule has 0 saturated carbocycles. The Bertz CT molecular complexity index is 666. The minimum Gasteiger partial charge on any atom is -0.427 e. The van der Waals surface area contributed by atoms with Crippen molar-refractivity contribution in [3.05, 3.63) is 34.4 Å². The van der Waals surface area contributed by atoms with Gasteiger partial charge in [0.2, 0.25) is 0 Å². The molecule has 134 valence electrons. The minimum absolute atomic E-state index is 0.0411. The van der Waals surface area contributed by atoms with Gasteiger partial charge < -0.3 is 15.4 Å². The number of nitrogens with one attached hydrogen (secondary N) is 2. The van der Waals surface area contributed by atoms with Crippen LogP contribution >= 0.6 is 11.8 Å². The fraction of sp³-hybridized carbons (Fsp3) is 0.500. The zero-order chi connectivity index (χ0) is 17.8. The molecular weight excluding hydrogens is 346 g/mol. The third-order valence-electron chi connectivity index (χ3n) is 4.34. The van der Waals surface area contributed by atoms with Gasteiger partial charge in [-0.1, -0.05) is 6.42 Å². The topological polar surface area (TPSA) is 111 Å². The van der Waals surface area contributed by atoms with Gasteiger partial charge in [-0.3, -0.25) is 14.9 Å². The molecule has 0 spiro atoms. The first-order valence-electron chi connectivity index (χ1n) is 8.17. The smallest absolute Gasteiger partial charge is 0.315 e. The van der Waals surface area contributed by atoms with E-state index in [0.717, 1.165) is 18.6 Å². The third kappa shape index (κ3) is 4.41. The van der Waals surface area contributed by atoms with E-state index in [1.165, 1.54) is 24.3 Å². The molecule has 1 aromatic carbocycles. The number of carbonyl (C=O) groups excluding carboxylic acids is 2. The van der Waals surface area contributed by atoms with E-state index in [2.05, 4.69) is 10.6 Å². The quantitative estimate of drug-likeness (QED) is 0.191. The molecule has 2 saturated heterocycles. The average Bonchev–Trinajstić information content (AvgIpc) is 3.11. The highest BCUT2D eigenvalue weighted by atomic mass is 32.2. The van der Waals surface area contributed by atoms with Crippen molar-refractivity contribution in [3.63, 3.8) is 0 Å². The number of amides is 2. The number of esters is 1. The predicted molar refractivity (Wildman–Crippen MR) is 92.7 cm³/mol. The number of carbonyl (C=O) groups is 2. The van der Waals surface area contributed by atoms with Crippen molar-refractivity contribution in [3.8, 4) is 5.75 Å². The van der Waals surface area contributed by atoms with Crippen molar-refractivity contribution in [1.29, 1.82) is 0 Å². The van der Waals surface area contributed by atoms with Crippen LogP contribution in [0, 0.1) is 10.1 Å². The maximum absolute atomic E-state index is 11.8. The Morgan fingerprint density at radius 2 is 2.04 bits per heavy atom. The molecule has 2 amide bonds. The van der Waals surface area contributed by atoms with Gasteiger partial charge >= 0.3 is 12.0 Å². The molecule has 2 fully saturated rings. The number of nitro groups is 1. The van der Waals surface area contributed by atoms with Crippen molar-refractivity contribution in [2.45, 2.75) is 43.0 Å². The minimum atomic E-state index is -0.501. The van der Waals surface area contributed by atoms with Gasteiger partial charge in [-0.25, -0.2) is 4.79 Å². The number of hydrogen-bond acceptors (Lipinski definition) is 6. The summed E-state index contributed by atoms with van der Waals surface area (Å²) in [4.78, 5) is 33.2.